The third kappa shape index (κ3) is 10.7. The van der Waals surface area contributed by atoms with Crippen molar-refractivity contribution in [2.75, 3.05) is 0 Å². The van der Waals surface area contributed by atoms with Crippen LogP contribution in [-0.2, 0) is 24.0 Å². The summed E-state index contributed by atoms with van der Waals surface area (Å²) in [5.74, 6) is -4.81. The van der Waals surface area contributed by atoms with Gasteiger partial charge in [-0.05, 0) is 31.6 Å². The molecule has 0 aliphatic rings. The number of aliphatic carboxylic acids is 2. The van der Waals surface area contributed by atoms with E-state index in [1.165, 1.54) is 6.92 Å². The topological polar surface area (TPSA) is 188 Å². The summed E-state index contributed by atoms with van der Waals surface area (Å²) in [5, 5.41) is 25.2. The standard InChI is InChI=1S/C19H34N4O7/c1-9(2)6-12(21-16(26)11(5)20)17(27)22-13(7-10(3)4)18(28)23-14(19(29)30)8-15(24)25/h9-14H,6-8,20H2,1-5H3,(H,21,26)(H,22,27)(H,23,28)(H,24,25)(H,29,30). The van der Waals surface area contributed by atoms with E-state index < -0.39 is 60.2 Å². The largest absolute Gasteiger partial charge is 0.481 e. The van der Waals surface area contributed by atoms with Gasteiger partial charge in [-0.25, -0.2) is 4.79 Å². The third-order valence-corrected chi connectivity index (χ3v) is 4.09. The van der Waals surface area contributed by atoms with E-state index in [0.717, 1.165) is 0 Å². The number of carbonyl (C=O) groups is 5. The Morgan fingerprint density at radius 2 is 1.07 bits per heavy atom. The van der Waals surface area contributed by atoms with Crippen molar-refractivity contribution in [2.24, 2.45) is 17.6 Å². The van der Waals surface area contributed by atoms with Crippen molar-refractivity contribution in [3.05, 3.63) is 0 Å². The second-order valence-electron chi connectivity index (χ2n) is 8.17. The summed E-state index contributed by atoms with van der Waals surface area (Å²) in [5.41, 5.74) is 5.54. The molecule has 0 aromatic carbocycles. The van der Waals surface area contributed by atoms with E-state index in [9.17, 15) is 24.0 Å². The van der Waals surface area contributed by atoms with Crippen LogP contribution in [0.15, 0.2) is 0 Å². The first-order chi connectivity index (χ1) is 13.7. The molecule has 0 aromatic rings. The SMILES string of the molecule is CC(C)CC(NC(=O)C(C)N)C(=O)NC(CC(C)C)C(=O)NC(CC(=O)O)C(=O)O. The van der Waals surface area contributed by atoms with Gasteiger partial charge in [0.1, 0.15) is 18.1 Å². The molecule has 0 aliphatic carbocycles. The fourth-order valence-electron chi connectivity index (χ4n) is 2.63. The lowest BCUT2D eigenvalue weighted by atomic mass is 9.99. The normalized spacial score (nSPS) is 15.1. The van der Waals surface area contributed by atoms with Crippen LogP contribution in [0.2, 0.25) is 0 Å². The highest BCUT2D eigenvalue weighted by Crippen LogP contribution is 2.10. The maximum absolute atomic E-state index is 12.8. The van der Waals surface area contributed by atoms with Gasteiger partial charge in [0, 0.05) is 0 Å². The Balaban J connectivity index is 5.45. The average molecular weight is 431 g/mol. The van der Waals surface area contributed by atoms with Crippen LogP contribution in [-0.4, -0.2) is 64.0 Å². The summed E-state index contributed by atoms with van der Waals surface area (Å²) in [6.45, 7) is 8.81. The summed E-state index contributed by atoms with van der Waals surface area (Å²) >= 11 is 0. The van der Waals surface area contributed by atoms with Crippen molar-refractivity contribution >= 4 is 29.7 Å². The number of hydrogen-bond acceptors (Lipinski definition) is 6. The van der Waals surface area contributed by atoms with Gasteiger partial charge >= 0.3 is 11.9 Å². The van der Waals surface area contributed by atoms with Crippen molar-refractivity contribution in [2.45, 2.75) is 78.0 Å². The highest BCUT2D eigenvalue weighted by molar-refractivity contribution is 5.94. The lowest BCUT2D eigenvalue weighted by Crippen LogP contribution is -2.57. The number of hydrogen-bond donors (Lipinski definition) is 6. The van der Waals surface area contributed by atoms with E-state index >= 15 is 0 Å². The molecule has 0 bridgehead atoms. The second-order valence-corrected chi connectivity index (χ2v) is 8.17. The Bertz CT molecular complexity index is 634. The van der Waals surface area contributed by atoms with Crippen molar-refractivity contribution in [3.63, 3.8) is 0 Å². The molecule has 0 aromatic heterocycles. The van der Waals surface area contributed by atoms with Crippen LogP contribution in [0.25, 0.3) is 0 Å². The first-order valence-electron chi connectivity index (χ1n) is 9.85. The van der Waals surface area contributed by atoms with Gasteiger partial charge in [0.15, 0.2) is 0 Å². The van der Waals surface area contributed by atoms with Gasteiger partial charge in [-0.2, -0.15) is 0 Å². The highest BCUT2D eigenvalue weighted by Gasteiger charge is 2.31. The molecule has 3 amide bonds. The van der Waals surface area contributed by atoms with Gasteiger partial charge in [0.25, 0.3) is 0 Å². The molecule has 0 aliphatic heterocycles. The van der Waals surface area contributed by atoms with Gasteiger partial charge < -0.3 is 31.9 Å². The van der Waals surface area contributed by atoms with Crippen LogP contribution in [0.3, 0.4) is 0 Å². The van der Waals surface area contributed by atoms with Gasteiger partial charge in [0.2, 0.25) is 17.7 Å². The van der Waals surface area contributed by atoms with Crippen LogP contribution in [0.5, 0.6) is 0 Å². The number of nitrogens with two attached hydrogens (primary N) is 1. The second kappa shape index (κ2) is 12.8. The van der Waals surface area contributed by atoms with E-state index in [4.69, 9.17) is 15.9 Å². The fraction of sp³-hybridized carbons (Fsp3) is 0.737. The number of carboxylic acids is 2. The summed E-state index contributed by atoms with van der Waals surface area (Å²) in [6.07, 6.45) is -0.312. The van der Waals surface area contributed by atoms with Crippen LogP contribution in [0.4, 0.5) is 0 Å². The molecule has 4 atom stereocenters. The predicted molar refractivity (Wildman–Crippen MR) is 108 cm³/mol. The average Bonchev–Trinajstić information content (AvgIpc) is 2.58. The summed E-state index contributed by atoms with van der Waals surface area (Å²) in [6, 6.07) is -4.49. The first kappa shape index (κ1) is 27.3. The Morgan fingerprint density at radius 1 is 0.700 bits per heavy atom. The Kier molecular flexibility index (Phi) is 11.6. The lowest BCUT2D eigenvalue weighted by Gasteiger charge is -2.26. The number of amides is 3. The lowest BCUT2D eigenvalue weighted by molar-refractivity contribution is -0.147. The molecule has 0 fully saturated rings. The van der Waals surface area contributed by atoms with E-state index in [-0.39, 0.29) is 18.3 Å². The monoisotopic (exact) mass is 430 g/mol. The molecule has 30 heavy (non-hydrogen) atoms. The molecule has 0 spiro atoms. The molecule has 0 radical (unpaired) electrons. The number of nitrogens with one attached hydrogen (secondary N) is 3. The Labute approximate surface area is 176 Å². The molecule has 4 unspecified atom stereocenters. The van der Waals surface area contributed by atoms with Gasteiger partial charge in [-0.15, -0.1) is 0 Å². The zero-order chi connectivity index (χ0) is 23.6. The Hall–Kier alpha value is -2.69. The van der Waals surface area contributed by atoms with Gasteiger partial charge in [-0.1, -0.05) is 27.7 Å². The Morgan fingerprint density at radius 3 is 1.37 bits per heavy atom. The molecule has 0 heterocycles. The zero-order valence-electron chi connectivity index (χ0n) is 18.1. The number of carboxylic acid groups (broad SMARTS) is 2. The number of rotatable bonds is 13. The summed E-state index contributed by atoms with van der Waals surface area (Å²) < 4.78 is 0. The minimum atomic E-state index is -1.63. The van der Waals surface area contributed by atoms with Crippen LogP contribution < -0.4 is 21.7 Å². The molecule has 7 N–H and O–H groups in total. The third-order valence-electron chi connectivity index (χ3n) is 4.09. The molecular weight excluding hydrogens is 396 g/mol. The maximum Gasteiger partial charge on any atom is 0.326 e. The van der Waals surface area contributed by atoms with Crippen LogP contribution >= 0.6 is 0 Å². The van der Waals surface area contributed by atoms with E-state index in [1.807, 2.05) is 27.7 Å². The molecule has 0 rings (SSSR count). The van der Waals surface area contributed by atoms with Crippen molar-refractivity contribution in [1.29, 1.82) is 0 Å². The molecule has 0 saturated heterocycles. The van der Waals surface area contributed by atoms with Crippen LogP contribution in [0.1, 0.15) is 53.9 Å². The fourth-order valence-corrected chi connectivity index (χ4v) is 2.63. The maximum atomic E-state index is 12.8. The van der Waals surface area contributed by atoms with Gasteiger partial charge in [-0.3, -0.25) is 19.2 Å². The minimum Gasteiger partial charge on any atom is -0.481 e. The smallest absolute Gasteiger partial charge is 0.326 e. The van der Waals surface area contributed by atoms with E-state index in [2.05, 4.69) is 16.0 Å². The van der Waals surface area contributed by atoms with Gasteiger partial charge in [0.05, 0.1) is 12.5 Å². The highest BCUT2D eigenvalue weighted by atomic mass is 16.4. The first-order valence-corrected chi connectivity index (χ1v) is 9.85. The summed E-state index contributed by atoms with van der Waals surface area (Å²) in [4.78, 5) is 59.4. The number of carbonyl (C=O) groups excluding carboxylic acids is 3. The molecular formula is C19H34N4O7. The minimum absolute atomic E-state index is 0.0361. The molecule has 0 saturated carbocycles. The summed E-state index contributed by atoms with van der Waals surface area (Å²) in [7, 11) is 0. The predicted octanol–water partition coefficient (Wildman–Crippen LogP) is -0.560. The molecule has 11 heteroatoms. The zero-order valence-corrected chi connectivity index (χ0v) is 18.1. The quantitative estimate of drug-likeness (QED) is 0.224. The van der Waals surface area contributed by atoms with Crippen molar-refractivity contribution in [1.82, 2.24) is 16.0 Å². The van der Waals surface area contributed by atoms with Crippen LogP contribution in [0, 0.1) is 11.8 Å². The van der Waals surface area contributed by atoms with E-state index in [1.54, 1.807) is 0 Å². The van der Waals surface area contributed by atoms with Crippen molar-refractivity contribution < 1.29 is 34.2 Å². The van der Waals surface area contributed by atoms with Crippen molar-refractivity contribution in [3.8, 4) is 0 Å². The molecule has 11 nitrogen and oxygen atoms in total. The molecule has 172 valence electrons. The van der Waals surface area contributed by atoms with E-state index in [0.29, 0.717) is 6.42 Å².